The van der Waals surface area contributed by atoms with E-state index in [1.54, 1.807) is 18.2 Å². The third-order valence-electron chi connectivity index (χ3n) is 4.10. The van der Waals surface area contributed by atoms with Gasteiger partial charge in [-0.15, -0.1) is 0 Å². The van der Waals surface area contributed by atoms with Gasteiger partial charge in [-0.05, 0) is 31.4 Å². The predicted molar refractivity (Wildman–Crippen MR) is 83.9 cm³/mol. The molecule has 22 heavy (non-hydrogen) atoms. The van der Waals surface area contributed by atoms with E-state index in [0.29, 0.717) is 5.56 Å². The van der Waals surface area contributed by atoms with Gasteiger partial charge < -0.3 is 10.6 Å². The molecule has 0 aromatic heterocycles. The van der Waals surface area contributed by atoms with Crippen LogP contribution in [0, 0.1) is 12.7 Å². The van der Waals surface area contributed by atoms with E-state index in [1.165, 1.54) is 11.6 Å². The molecule has 0 bridgehead atoms. The number of urea groups is 1. The van der Waals surface area contributed by atoms with E-state index >= 15 is 0 Å². The van der Waals surface area contributed by atoms with Gasteiger partial charge >= 0.3 is 6.03 Å². The van der Waals surface area contributed by atoms with E-state index < -0.39 is 0 Å². The highest BCUT2D eigenvalue weighted by Crippen LogP contribution is 2.45. The fourth-order valence-electron chi connectivity index (χ4n) is 2.56. The first-order valence-electron chi connectivity index (χ1n) is 7.46. The van der Waals surface area contributed by atoms with E-state index in [4.69, 9.17) is 0 Å². The number of carbonyl (C=O) groups is 1. The minimum Gasteiger partial charge on any atom is -0.334 e. The van der Waals surface area contributed by atoms with Crippen molar-refractivity contribution < 1.29 is 9.18 Å². The number of benzene rings is 2. The van der Waals surface area contributed by atoms with Crippen LogP contribution >= 0.6 is 0 Å². The first-order chi connectivity index (χ1) is 10.6. The molecule has 0 heterocycles. The number of rotatable bonds is 4. The summed E-state index contributed by atoms with van der Waals surface area (Å²) in [4.78, 5) is 12.1. The molecular weight excluding hydrogens is 279 g/mol. The van der Waals surface area contributed by atoms with Gasteiger partial charge in [0.05, 0.1) is 5.54 Å². The van der Waals surface area contributed by atoms with Crippen molar-refractivity contribution in [1.29, 1.82) is 0 Å². The van der Waals surface area contributed by atoms with Crippen LogP contribution in [0.2, 0.25) is 0 Å². The number of hydrogen-bond acceptors (Lipinski definition) is 1. The maximum atomic E-state index is 13.5. The minimum atomic E-state index is -0.303. The first kappa shape index (κ1) is 14.6. The Bertz CT molecular complexity index is 678. The molecule has 0 radical (unpaired) electrons. The highest BCUT2D eigenvalue weighted by Gasteiger charge is 2.45. The smallest absolute Gasteiger partial charge is 0.315 e. The predicted octanol–water partition coefficient (Wildman–Crippen LogP) is 3.62. The molecule has 4 heteroatoms. The van der Waals surface area contributed by atoms with Crippen molar-refractivity contribution in [3.8, 4) is 0 Å². The van der Waals surface area contributed by atoms with Crippen molar-refractivity contribution in [1.82, 2.24) is 10.6 Å². The summed E-state index contributed by atoms with van der Waals surface area (Å²) in [6.07, 6.45) is 1.87. The Balaban J connectivity index is 1.60. The molecular formula is C18H19FN2O. The summed E-state index contributed by atoms with van der Waals surface area (Å²) < 4.78 is 13.5. The molecule has 0 aliphatic heterocycles. The SMILES string of the molecule is Cc1ccc(C2(NC(=O)NCc3ccccc3F)CC2)cc1. The van der Waals surface area contributed by atoms with Crippen LogP contribution in [-0.2, 0) is 12.1 Å². The van der Waals surface area contributed by atoms with Gasteiger partial charge in [-0.25, -0.2) is 9.18 Å². The van der Waals surface area contributed by atoms with Gasteiger partial charge in [0.25, 0.3) is 0 Å². The Hall–Kier alpha value is -2.36. The maximum Gasteiger partial charge on any atom is 0.315 e. The van der Waals surface area contributed by atoms with E-state index in [0.717, 1.165) is 18.4 Å². The average Bonchev–Trinajstić information content (AvgIpc) is 3.28. The second-order valence-electron chi connectivity index (χ2n) is 5.85. The quantitative estimate of drug-likeness (QED) is 0.889. The second kappa shape index (κ2) is 5.79. The van der Waals surface area contributed by atoms with Gasteiger partial charge in [0.15, 0.2) is 0 Å². The van der Waals surface area contributed by atoms with E-state index in [1.807, 2.05) is 19.1 Å². The zero-order valence-corrected chi connectivity index (χ0v) is 12.5. The molecule has 2 aromatic rings. The first-order valence-corrected chi connectivity index (χ1v) is 7.46. The summed E-state index contributed by atoms with van der Waals surface area (Å²) in [5.74, 6) is -0.303. The second-order valence-corrected chi connectivity index (χ2v) is 5.85. The number of hydrogen-bond donors (Lipinski definition) is 2. The molecule has 0 saturated heterocycles. The molecule has 114 valence electrons. The van der Waals surface area contributed by atoms with E-state index in [2.05, 4.69) is 22.8 Å². The molecule has 2 aromatic carbocycles. The number of halogens is 1. The van der Waals surface area contributed by atoms with Crippen LogP contribution in [0.1, 0.15) is 29.5 Å². The summed E-state index contributed by atoms with van der Waals surface area (Å²) in [6, 6.07) is 14.4. The Morgan fingerprint density at radius 1 is 1.14 bits per heavy atom. The number of amides is 2. The van der Waals surface area contributed by atoms with Crippen LogP contribution in [0.5, 0.6) is 0 Å². The van der Waals surface area contributed by atoms with Crippen LogP contribution in [0.25, 0.3) is 0 Å². The fraction of sp³-hybridized carbons (Fsp3) is 0.278. The molecule has 3 nitrogen and oxygen atoms in total. The normalized spacial score (nSPS) is 15.2. The number of nitrogens with one attached hydrogen (secondary N) is 2. The van der Waals surface area contributed by atoms with Crippen LogP contribution in [0.3, 0.4) is 0 Å². The van der Waals surface area contributed by atoms with Crippen LogP contribution in [-0.4, -0.2) is 6.03 Å². The lowest BCUT2D eigenvalue weighted by molar-refractivity contribution is 0.235. The van der Waals surface area contributed by atoms with Crippen molar-refractivity contribution in [2.75, 3.05) is 0 Å². The van der Waals surface area contributed by atoms with Crippen molar-refractivity contribution in [2.24, 2.45) is 0 Å². The van der Waals surface area contributed by atoms with Gasteiger partial charge in [-0.3, -0.25) is 0 Å². The highest BCUT2D eigenvalue weighted by atomic mass is 19.1. The molecule has 2 N–H and O–H groups in total. The van der Waals surface area contributed by atoms with Crippen LogP contribution < -0.4 is 10.6 Å². The van der Waals surface area contributed by atoms with E-state index in [9.17, 15) is 9.18 Å². The van der Waals surface area contributed by atoms with Crippen molar-refractivity contribution in [3.05, 3.63) is 71.0 Å². The van der Waals surface area contributed by atoms with Crippen molar-refractivity contribution in [3.63, 3.8) is 0 Å². The zero-order valence-electron chi connectivity index (χ0n) is 12.5. The lowest BCUT2D eigenvalue weighted by Crippen LogP contribution is -2.42. The summed E-state index contributed by atoms with van der Waals surface area (Å²) in [5, 5.41) is 5.75. The third-order valence-corrected chi connectivity index (χ3v) is 4.10. The summed E-state index contributed by atoms with van der Waals surface area (Å²) in [7, 11) is 0. The van der Waals surface area contributed by atoms with Crippen LogP contribution in [0.4, 0.5) is 9.18 Å². The molecule has 2 amide bonds. The summed E-state index contributed by atoms with van der Waals surface area (Å²) in [6.45, 7) is 2.22. The molecule has 1 aliphatic rings. The maximum absolute atomic E-state index is 13.5. The largest absolute Gasteiger partial charge is 0.334 e. The Morgan fingerprint density at radius 2 is 1.82 bits per heavy atom. The van der Waals surface area contributed by atoms with Crippen molar-refractivity contribution >= 4 is 6.03 Å². The average molecular weight is 298 g/mol. The number of carbonyl (C=O) groups excluding carboxylic acids is 1. The topological polar surface area (TPSA) is 41.1 Å². The third kappa shape index (κ3) is 3.11. The van der Waals surface area contributed by atoms with E-state index in [-0.39, 0.29) is 23.9 Å². The molecule has 1 aliphatic carbocycles. The Kier molecular flexibility index (Phi) is 3.84. The van der Waals surface area contributed by atoms with Gasteiger partial charge in [-0.1, -0.05) is 48.0 Å². The molecule has 3 rings (SSSR count). The fourth-order valence-corrected chi connectivity index (χ4v) is 2.56. The summed E-state index contributed by atoms with van der Waals surface area (Å²) in [5.41, 5.74) is 2.55. The lowest BCUT2D eigenvalue weighted by Gasteiger charge is -2.19. The van der Waals surface area contributed by atoms with Gasteiger partial charge in [0.1, 0.15) is 5.82 Å². The zero-order chi connectivity index (χ0) is 15.6. The van der Waals surface area contributed by atoms with Gasteiger partial charge in [0.2, 0.25) is 0 Å². The molecule has 1 fully saturated rings. The minimum absolute atomic E-state index is 0.183. The molecule has 1 saturated carbocycles. The molecule has 0 atom stereocenters. The van der Waals surface area contributed by atoms with Gasteiger partial charge in [-0.2, -0.15) is 0 Å². The van der Waals surface area contributed by atoms with Crippen LogP contribution in [0.15, 0.2) is 48.5 Å². The number of aryl methyl sites for hydroxylation is 1. The monoisotopic (exact) mass is 298 g/mol. The highest BCUT2D eigenvalue weighted by molar-refractivity contribution is 5.75. The lowest BCUT2D eigenvalue weighted by atomic mass is 10.0. The van der Waals surface area contributed by atoms with Gasteiger partial charge in [0, 0.05) is 12.1 Å². The van der Waals surface area contributed by atoms with Crippen molar-refractivity contribution in [2.45, 2.75) is 31.8 Å². The molecule has 0 spiro atoms. The molecule has 0 unspecified atom stereocenters. The Labute approximate surface area is 129 Å². The summed E-state index contributed by atoms with van der Waals surface area (Å²) >= 11 is 0. The standard InChI is InChI=1S/C18H19FN2O/c1-13-6-8-15(9-7-13)18(10-11-18)21-17(22)20-12-14-4-2-3-5-16(14)19/h2-9H,10-12H2,1H3,(H2,20,21,22). The Morgan fingerprint density at radius 3 is 2.45 bits per heavy atom.